The molecule has 1 fully saturated rings. The van der Waals surface area contributed by atoms with Gasteiger partial charge in [-0.25, -0.2) is 13.1 Å². The predicted molar refractivity (Wildman–Crippen MR) is 78.5 cm³/mol. The van der Waals surface area contributed by atoms with Gasteiger partial charge < -0.3 is 5.32 Å². The second-order valence-electron chi connectivity index (χ2n) is 5.76. The molecule has 1 unspecified atom stereocenters. The van der Waals surface area contributed by atoms with Crippen LogP contribution < -0.4 is 10.0 Å². The molecule has 0 bridgehead atoms. The van der Waals surface area contributed by atoms with Crippen LogP contribution in [0.15, 0.2) is 23.1 Å². The Morgan fingerprint density at radius 2 is 2.23 bits per heavy atom. The van der Waals surface area contributed by atoms with E-state index in [9.17, 15) is 22.9 Å². The van der Waals surface area contributed by atoms with E-state index in [-0.39, 0.29) is 12.0 Å². The molecular weight excluding hydrogens is 313 g/mol. The van der Waals surface area contributed by atoms with E-state index in [1.54, 1.807) is 0 Å². The molecule has 0 spiro atoms. The highest BCUT2D eigenvalue weighted by molar-refractivity contribution is 7.89. The molecule has 1 aliphatic rings. The zero-order chi connectivity index (χ0) is 16.4. The first kappa shape index (κ1) is 16.8. The monoisotopic (exact) mass is 331 g/mol. The van der Waals surface area contributed by atoms with Crippen molar-refractivity contribution in [1.82, 2.24) is 10.0 Å². The number of nitro benzene ring substituents is 1. The minimum Gasteiger partial charge on any atom is -0.316 e. The van der Waals surface area contributed by atoms with Gasteiger partial charge in [0.25, 0.3) is 0 Å². The third-order valence-electron chi connectivity index (χ3n) is 3.80. The van der Waals surface area contributed by atoms with Crippen molar-refractivity contribution in [2.45, 2.75) is 24.7 Å². The Morgan fingerprint density at radius 3 is 2.82 bits per heavy atom. The minimum absolute atomic E-state index is 0.135. The number of para-hydroxylation sites is 1. The number of hydrogen-bond acceptors (Lipinski definition) is 5. The van der Waals surface area contributed by atoms with Crippen LogP contribution in [0.5, 0.6) is 0 Å². The molecular formula is C13H18FN3O4S. The average Bonchev–Trinajstić information content (AvgIpc) is 2.45. The van der Waals surface area contributed by atoms with Gasteiger partial charge in [0.1, 0.15) is 0 Å². The predicted octanol–water partition coefficient (Wildman–Crippen LogP) is 1.40. The van der Waals surface area contributed by atoms with Crippen LogP contribution in [0.25, 0.3) is 0 Å². The Hall–Kier alpha value is -1.58. The van der Waals surface area contributed by atoms with E-state index in [4.69, 9.17) is 0 Å². The first-order valence-corrected chi connectivity index (χ1v) is 8.37. The molecule has 1 atom stereocenters. The average molecular weight is 331 g/mol. The summed E-state index contributed by atoms with van der Waals surface area (Å²) >= 11 is 0. The van der Waals surface area contributed by atoms with Crippen molar-refractivity contribution in [2.75, 3.05) is 19.6 Å². The highest BCUT2D eigenvalue weighted by atomic mass is 32.2. The molecule has 1 saturated heterocycles. The number of rotatable bonds is 5. The molecule has 0 saturated carbocycles. The Morgan fingerprint density at radius 1 is 1.50 bits per heavy atom. The highest BCUT2D eigenvalue weighted by Crippen LogP contribution is 2.28. The number of benzene rings is 1. The lowest BCUT2D eigenvalue weighted by atomic mass is 9.83. The van der Waals surface area contributed by atoms with Crippen LogP contribution >= 0.6 is 0 Å². The fraction of sp³-hybridized carbons (Fsp3) is 0.538. The van der Waals surface area contributed by atoms with Crippen LogP contribution in [0.1, 0.15) is 19.8 Å². The van der Waals surface area contributed by atoms with Gasteiger partial charge in [-0.3, -0.25) is 10.1 Å². The quantitative estimate of drug-likeness (QED) is 0.627. The molecule has 1 aromatic rings. The molecule has 1 aromatic carbocycles. The summed E-state index contributed by atoms with van der Waals surface area (Å²) < 4.78 is 40.5. The van der Waals surface area contributed by atoms with Crippen molar-refractivity contribution in [2.24, 2.45) is 5.41 Å². The minimum atomic E-state index is -4.16. The lowest BCUT2D eigenvalue weighted by Gasteiger charge is -2.34. The fourth-order valence-corrected chi connectivity index (χ4v) is 3.88. The van der Waals surface area contributed by atoms with Crippen molar-refractivity contribution in [3.05, 3.63) is 34.1 Å². The van der Waals surface area contributed by atoms with Gasteiger partial charge in [-0.1, -0.05) is 13.0 Å². The van der Waals surface area contributed by atoms with Crippen LogP contribution in [0, 0.1) is 21.3 Å². The largest absolute Gasteiger partial charge is 0.324 e. The fourth-order valence-electron chi connectivity index (χ4n) is 2.51. The lowest BCUT2D eigenvalue weighted by molar-refractivity contribution is -0.390. The Kier molecular flexibility index (Phi) is 4.78. The first-order valence-electron chi connectivity index (χ1n) is 6.88. The standard InChI is InChI=1S/C13H18FN3O4S/c1-13(6-3-7-15-8-13)9-16-22(20,21)11-5-2-4-10(14)12(11)17(18)19/h2,4-5,15-16H,3,6-9H2,1H3. The molecule has 2 rings (SSSR count). The molecule has 1 heterocycles. The SMILES string of the molecule is CC1(CNS(=O)(=O)c2cccc(F)c2[N+](=O)[O-])CCCNC1. The number of sulfonamides is 1. The number of hydrogen-bond donors (Lipinski definition) is 2. The van der Waals surface area contributed by atoms with Crippen molar-refractivity contribution in [3.8, 4) is 0 Å². The molecule has 0 radical (unpaired) electrons. The molecule has 2 N–H and O–H groups in total. The lowest BCUT2D eigenvalue weighted by Crippen LogP contribution is -2.45. The number of nitro groups is 1. The topological polar surface area (TPSA) is 101 Å². The molecule has 0 aliphatic carbocycles. The summed E-state index contributed by atoms with van der Waals surface area (Å²) in [4.78, 5) is 9.25. The third kappa shape index (κ3) is 3.60. The van der Waals surface area contributed by atoms with Gasteiger partial charge in [-0.2, -0.15) is 4.39 Å². The van der Waals surface area contributed by atoms with Gasteiger partial charge in [-0.15, -0.1) is 0 Å². The number of piperidine rings is 1. The molecule has 0 amide bonds. The summed E-state index contributed by atoms with van der Waals surface area (Å²) in [6.45, 7) is 3.61. The zero-order valence-corrected chi connectivity index (χ0v) is 13.0. The van der Waals surface area contributed by atoms with Gasteiger partial charge >= 0.3 is 5.69 Å². The maximum atomic E-state index is 13.6. The summed E-state index contributed by atoms with van der Waals surface area (Å²) in [6.07, 6.45) is 1.77. The molecule has 9 heteroatoms. The number of nitrogens with one attached hydrogen (secondary N) is 2. The summed E-state index contributed by atoms with van der Waals surface area (Å²) in [7, 11) is -4.16. The maximum absolute atomic E-state index is 13.6. The van der Waals surface area contributed by atoms with Gasteiger partial charge in [0.15, 0.2) is 4.90 Å². The Bertz CT molecular complexity index is 672. The summed E-state index contributed by atoms with van der Waals surface area (Å²) in [5.74, 6) is -1.17. The summed E-state index contributed by atoms with van der Waals surface area (Å²) in [5, 5.41) is 14.1. The van der Waals surface area contributed by atoms with E-state index < -0.39 is 31.3 Å². The van der Waals surface area contributed by atoms with Gasteiger partial charge in [0, 0.05) is 13.1 Å². The van der Waals surface area contributed by atoms with Crippen LogP contribution in [0.4, 0.5) is 10.1 Å². The third-order valence-corrected chi connectivity index (χ3v) is 5.23. The molecule has 122 valence electrons. The van der Waals surface area contributed by atoms with E-state index in [2.05, 4.69) is 10.0 Å². The molecule has 7 nitrogen and oxygen atoms in total. The van der Waals surface area contributed by atoms with Gasteiger partial charge in [0.05, 0.1) is 4.92 Å². The second kappa shape index (κ2) is 6.27. The van der Waals surface area contributed by atoms with E-state index >= 15 is 0 Å². The van der Waals surface area contributed by atoms with Crippen molar-refractivity contribution in [1.29, 1.82) is 0 Å². The molecule has 0 aromatic heterocycles. The Labute approximate surface area is 128 Å². The second-order valence-corrected chi connectivity index (χ2v) is 7.49. The normalized spacial score (nSPS) is 22.5. The van der Waals surface area contributed by atoms with Crippen LogP contribution in [0.2, 0.25) is 0 Å². The molecule has 1 aliphatic heterocycles. The van der Waals surface area contributed by atoms with Gasteiger partial charge in [0.2, 0.25) is 15.8 Å². The van der Waals surface area contributed by atoms with E-state index in [1.807, 2.05) is 6.92 Å². The van der Waals surface area contributed by atoms with Crippen molar-refractivity contribution in [3.63, 3.8) is 0 Å². The smallest absolute Gasteiger partial charge is 0.316 e. The van der Waals surface area contributed by atoms with Crippen LogP contribution in [-0.4, -0.2) is 33.0 Å². The summed E-state index contributed by atoms with van der Waals surface area (Å²) in [5.41, 5.74) is -1.30. The number of nitrogens with zero attached hydrogens (tertiary/aromatic N) is 1. The van der Waals surface area contributed by atoms with E-state index in [0.717, 1.165) is 37.6 Å². The van der Waals surface area contributed by atoms with Crippen LogP contribution in [-0.2, 0) is 10.0 Å². The van der Waals surface area contributed by atoms with Crippen molar-refractivity contribution < 1.29 is 17.7 Å². The molecule has 22 heavy (non-hydrogen) atoms. The van der Waals surface area contributed by atoms with E-state index in [0.29, 0.717) is 6.54 Å². The number of halogens is 1. The highest BCUT2D eigenvalue weighted by Gasteiger charge is 2.33. The summed E-state index contributed by atoms with van der Waals surface area (Å²) in [6, 6.07) is 3.04. The zero-order valence-electron chi connectivity index (χ0n) is 12.1. The van der Waals surface area contributed by atoms with Crippen LogP contribution in [0.3, 0.4) is 0 Å². The van der Waals surface area contributed by atoms with Crippen molar-refractivity contribution >= 4 is 15.7 Å². The first-order chi connectivity index (χ1) is 10.3. The van der Waals surface area contributed by atoms with Gasteiger partial charge in [-0.05, 0) is 36.9 Å². The Balaban J connectivity index is 2.24. The maximum Gasteiger partial charge on any atom is 0.324 e. The van der Waals surface area contributed by atoms with E-state index in [1.165, 1.54) is 0 Å².